The zero-order chi connectivity index (χ0) is 44.5. The maximum absolute atomic E-state index is 14.3. The van der Waals surface area contributed by atoms with Crippen LogP contribution in [0.3, 0.4) is 0 Å². The number of piperazine rings is 1. The van der Waals surface area contributed by atoms with Crippen molar-refractivity contribution in [3.8, 4) is 33.3 Å². The van der Waals surface area contributed by atoms with E-state index in [1.165, 1.54) is 4.90 Å². The lowest BCUT2D eigenvalue weighted by atomic mass is 9.91. The summed E-state index contributed by atoms with van der Waals surface area (Å²) in [5, 5.41) is 40.8. The Bertz CT molecular complexity index is 2430. The van der Waals surface area contributed by atoms with Gasteiger partial charge in [-0.2, -0.15) is 0 Å². The molecule has 9 rings (SSSR count). The van der Waals surface area contributed by atoms with Crippen molar-refractivity contribution in [1.29, 1.82) is 0 Å². The van der Waals surface area contributed by atoms with Crippen LogP contribution in [0, 0.1) is 12.8 Å². The number of fused-ring (bicyclic) bond motifs is 3. The number of phenolic OH excluding ortho intramolecular Hbond substituents is 1. The van der Waals surface area contributed by atoms with E-state index in [0.29, 0.717) is 41.6 Å². The number of hydrogen-bond donors (Lipinski definition) is 4. The fourth-order valence-electron chi connectivity index (χ4n) is 9.88. The number of nitrogens with one attached hydrogen (secondary N) is 2. The van der Waals surface area contributed by atoms with E-state index in [9.17, 15) is 19.8 Å². The fraction of sp³-hybridized carbons (Fsp3) is 0.489. The minimum absolute atomic E-state index is 0.0594. The number of benzene rings is 2. The van der Waals surface area contributed by atoms with Gasteiger partial charge in [0.2, 0.25) is 11.8 Å². The number of anilines is 2. The van der Waals surface area contributed by atoms with Crippen LogP contribution in [0.1, 0.15) is 69.0 Å². The summed E-state index contributed by atoms with van der Waals surface area (Å²) in [5.41, 5.74) is 7.18. The molecule has 4 N–H and O–H groups in total. The maximum Gasteiger partial charge on any atom is 0.254 e. The number of thiazole rings is 1. The first-order valence-corrected chi connectivity index (χ1v) is 23.4. The Hall–Kier alpha value is -5.62. The Kier molecular flexibility index (Phi) is 12.8. The van der Waals surface area contributed by atoms with E-state index in [-0.39, 0.29) is 42.5 Å². The van der Waals surface area contributed by atoms with Crippen LogP contribution in [-0.2, 0) is 9.59 Å². The number of aryl methyl sites for hydroxylation is 1. The van der Waals surface area contributed by atoms with Crippen molar-refractivity contribution in [3.63, 3.8) is 0 Å². The Morgan fingerprint density at radius 3 is 2.62 bits per heavy atom. The molecular weight excluding hydrogens is 833 g/mol. The van der Waals surface area contributed by atoms with E-state index >= 15 is 0 Å². The first kappa shape index (κ1) is 43.6. The summed E-state index contributed by atoms with van der Waals surface area (Å²) in [6.45, 7) is 14.5. The molecule has 4 aliphatic rings. The van der Waals surface area contributed by atoms with Gasteiger partial charge in [-0.15, -0.1) is 21.5 Å². The van der Waals surface area contributed by atoms with Gasteiger partial charge in [0.15, 0.2) is 11.6 Å². The van der Waals surface area contributed by atoms with Crippen molar-refractivity contribution >= 4 is 34.7 Å². The lowest BCUT2D eigenvalue weighted by Gasteiger charge is -2.49. The quantitative estimate of drug-likeness (QED) is 0.119. The number of aromatic nitrogens is 4. The average molecular weight is 891 g/mol. The number of likely N-dealkylation sites (tertiary alicyclic amines) is 2. The van der Waals surface area contributed by atoms with Crippen molar-refractivity contribution < 1.29 is 29.1 Å². The van der Waals surface area contributed by atoms with Gasteiger partial charge in [-0.25, -0.2) is 4.98 Å². The Balaban J connectivity index is 0.768. The van der Waals surface area contributed by atoms with Gasteiger partial charge in [0, 0.05) is 69.9 Å². The van der Waals surface area contributed by atoms with Crippen molar-refractivity contribution in [1.82, 2.24) is 40.4 Å². The summed E-state index contributed by atoms with van der Waals surface area (Å²) in [6.07, 6.45) is 1.58. The molecule has 338 valence electrons. The second kappa shape index (κ2) is 18.8. The van der Waals surface area contributed by atoms with Gasteiger partial charge in [0.05, 0.1) is 45.7 Å². The first-order valence-electron chi connectivity index (χ1n) is 22.5. The summed E-state index contributed by atoms with van der Waals surface area (Å²) < 4.78 is 11.9. The molecule has 5 aromatic rings. The van der Waals surface area contributed by atoms with E-state index in [4.69, 9.17) is 9.26 Å². The number of hydrogen-bond acceptors (Lipinski definition) is 15. The molecule has 2 aromatic carbocycles. The largest absolute Gasteiger partial charge is 0.507 e. The van der Waals surface area contributed by atoms with Crippen LogP contribution in [0.15, 0.2) is 70.7 Å². The zero-order valence-corrected chi connectivity index (χ0v) is 37.7. The van der Waals surface area contributed by atoms with Crippen molar-refractivity contribution in [2.45, 2.75) is 83.1 Å². The SMILES string of the molecule is Cc1ncsc1-c1ccc([C@H](C)NC(=O)[C@@H]2C[C@@H](O)CN2C(=O)[C@@H](c2cc(OCCN3CCC[C@H](N4CCN5c6cc(-c7ccccc7O)nnc6NC[C@H]5C4)C3)no2)C(C)C)cc1. The van der Waals surface area contributed by atoms with E-state index in [2.05, 4.69) is 45.7 Å². The molecule has 7 heterocycles. The number of phenols is 1. The van der Waals surface area contributed by atoms with Gasteiger partial charge in [-0.05, 0) is 73.6 Å². The van der Waals surface area contributed by atoms with Gasteiger partial charge < -0.3 is 39.9 Å². The van der Waals surface area contributed by atoms with Gasteiger partial charge in [-0.1, -0.05) is 50.2 Å². The number of carbonyl (C=O) groups excluding carboxylic acids is 2. The lowest BCUT2D eigenvalue weighted by molar-refractivity contribution is -0.141. The highest BCUT2D eigenvalue weighted by Crippen LogP contribution is 2.37. The molecule has 0 spiro atoms. The molecule has 3 saturated heterocycles. The van der Waals surface area contributed by atoms with E-state index < -0.39 is 18.1 Å². The number of rotatable bonds is 13. The average Bonchev–Trinajstić information content (AvgIpc) is 4.06. The molecule has 2 amide bonds. The van der Waals surface area contributed by atoms with E-state index in [0.717, 1.165) is 91.9 Å². The second-order valence-electron chi connectivity index (χ2n) is 18.0. The standard InChI is InChI=1S/C47H58N10O6S/c1-28(2)43(47(61)57-26-35(58)20-39(57)46(60)50-29(3)31-11-13-32(14-12-31)44-30(4)49-27-64-44)41-22-42(53-63-41)62-19-18-54-15-7-8-33(24-54)55-16-17-56-34(25-55)23-48-45-38(56)21-37(51-52-45)36-9-5-6-10-40(36)59/h5-6,9-14,21-22,27-29,33-35,39,43,58-59H,7-8,15-20,23-26H2,1-4H3,(H,48,52)(H,50,60)/t29-,33-,34-,35+,39-,43+/m0/s1. The van der Waals surface area contributed by atoms with Gasteiger partial charge in [0.1, 0.15) is 24.3 Å². The third kappa shape index (κ3) is 9.16. The molecule has 3 aromatic heterocycles. The van der Waals surface area contributed by atoms with Crippen LogP contribution in [-0.4, -0.2) is 140 Å². The zero-order valence-electron chi connectivity index (χ0n) is 36.9. The minimum Gasteiger partial charge on any atom is -0.507 e. The number of carbonyl (C=O) groups is 2. The molecule has 0 saturated carbocycles. The number of aliphatic hydroxyl groups excluding tert-OH is 1. The second-order valence-corrected chi connectivity index (χ2v) is 18.8. The summed E-state index contributed by atoms with van der Waals surface area (Å²) in [7, 11) is 0. The van der Waals surface area contributed by atoms with Gasteiger partial charge in [0.25, 0.3) is 5.88 Å². The predicted molar refractivity (Wildman–Crippen MR) is 244 cm³/mol. The van der Waals surface area contributed by atoms with Crippen LogP contribution < -0.4 is 20.3 Å². The van der Waals surface area contributed by atoms with Crippen molar-refractivity contribution in [3.05, 3.63) is 83.2 Å². The number of aliphatic hydroxyl groups is 1. The number of aromatic hydroxyl groups is 1. The normalized spacial score (nSPS) is 22.4. The summed E-state index contributed by atoms with van der Waals surface area (Å²) >= 11 is 1.59. The number of amides is 2. The smallest absolute Gasteiger partial charge is 0.254 e. The van der Waals surface area contributed by atoms with E-state index in [1.807, 2.05) is 75.7 Å². The molecule has 0 radical (unpaired) electrons. The maximum atomic E-state index is 14.3. The number of nitrogens with zero attached hydrogens (tertiary/aromatic N) is 8. The molecular formula is C47H58N10O6S. The first-order chi connectivity index (χ1) is 31.0. The highest BCUT2D eigenvalue weighted by atomic mass is 32.1. The molecule has 0 bridgehead atoms. The minimum atomic E-state index is -0.823. The summed E-state index contributed by atoms with van der Waals surface area (Å²) in [6, 6.07) is 18.6. The van der Waals surface area contributed by atoms with Crippen LogP contribution in [0.4, 0.5) is 11.5 Å². The van der Waals surface area contributed by atoms with Crippen molar-refractivity contribution in [2.24, 2.45) is 5.92 Å². The monoisotopic (exact) mass is 890 g/mol. The van der Waals surface area contributed by atoms with Crippen LogP contribution in [0.25, 0.3) is 21.7 Å². The predicted octanol–water partition coefficient (Wildman–Crippen LogP) is 5.31. The third-order valence-electron chi connectivity index (χ3n) is 13.3. The fourth-order valence-corrected chi connectivity index (χ4v) is 10.7. The topological polar surface area (TPSA) is 186 Å². The Labute approximate surface area is 377 Å². The van der Waals surface area contributed by atoms with E-state index in [1.54, 1.807) is 29.5 Å². The van der Waals surface area contributed by atoms with Gasteiger partial charge >= 0.3 is 0 Å². The molecule has 4 aliphatic heterocycles. The van der Waals surface area contributed by atoms with Crippen LogP contribution in [0.2, 0.25) is 0 Å². The third-order valence-corrected chi connectivity index (χ3v) is 14.3. The van der Waals surface area contributed by atoms with Crippen LogP contribution >= 0.6 is 11.3 Å². The van der Waals surface area contributed by atoms with Crippen molar-refractivity contribution in [2.75, 3.05) is 69.2 Å². The van der Waals surface area contributed by atoms with Crippen LogP contribution in [0.5, 0.6) is 11.6 Å². The molecule has 0 unspecified atom stereocenters. The summed E-state index contributed by atoms with van der Waals surface area (Å²) in [5.74, 6) is 0.188. The Morgan fingerprint density at radius 1 is 1.02 bits per heavy atom. The van der Waals surface area contributed by atoms with Gasteiger partial charge in [-0.3, -0.25) is 19.4 Å². The number of piperidine rings is 1. The lowest BCUT2D eigenvalue weighted by Crippen LogP contribution is -2.62. The highest BCUT2D eigenvalue weighted by Gasteiger charge is 2.44. The molecule has 64 heavy (non-hydrogen) atoms. The molecule has 6 atom stereocenters. The number of β-amino-alcohol motifs (C(OH)–C–C–N with tert-alkyl or cyclic N) is 1. The molecule has 16 nitrogen and oxygen atoms in total. The number of para-hydroxylation sites is 1. The molecule has 3 fully saturated rings. The Morgan fingerprint density at radius 2 is 1.84 bits per heavy atom. The number of ether oxygens (including phenoxy) is 1. The summed E-state index contributed by atoms with van der Waals surface area (Å²) in [4.78, 5) is 42.5. The molecule has 17 heteroatoms. The highest BCUT2D eigenvalue weighted by molar-refractivity contribution is 7.13. The molecule has 0 aliphatic carbocycles.